The van der Waals surface area contributed by atoms with Crippen molar-refractivity contribution in [1.29, 1.82) is 0 Å². The Kier molecular flexibility index (Phi) is 2.40. The predicted octanol–water partition coefficient (Wildman–Crippen LogP) is -3.33. The van der Waals surface area contributed by atoms with Crippen molar-refractivity contribution < 1.29 is 52.8 Å². The zero-order chi connectivity index (χ0) is 22.7. The van der Waals surface area contributed by atoms with Crippen LogP contribution in [0.5, 0.6) is 0 Å². The summed E-state index contributed by atoms with van der Waals surface area (Å²) in [5.41, 5.74) is -8.38. The highest BCUT2D eigenvalue weighted by atomic mass is 16.7. The Hall–Kier alpha value is -0.320. The van der Waals surface area contributed by atoms with Crippen molar-refractivity contribution >= 4 is 0 Å². The van der Waals surface area contributed by atoms with E-state index in [9.17, 15) is 30.6 Å². The van der Waals surface area contributed by atoms with Gasteiger partial charge in [0.15, 0.2) is 6.29 Å². The summed E-state index contributed by atoms with van der Waals surface area (Å²) < 4.78 is 72.2. The Morgan fingerprint density at radius 3 is 2.58 bits per heavy atom. The van der Waals surface area contributed by atoms with E-state index in [1.165, 1.54) is 0 Å². The van der Waals surface area contributed by atoms with Gasteiger partial charge in [0, 0.05) is 22.5 Å². The minimum atomic E-state index is -4.58. The van der Waals surface area contributed by atoms with Crippen LogP contribution in [0, 0.1) is 0 Å². The summed E-state index contributed by atoms with van der Waals surface area (Å²) in [6.45, 7) is -9.63. The molecular formula is C11H22O8. The number of aliphatic hydroxyl groups excluding tert-OH is 4. The Morgan fingerprint density at radius 1 is 1.47 bits per heavy atom. The van der Waals surface area contributed by atoms with Crippen LogP contribution in [0.15, 0.2) is 0 Å². The first-order valence-corrected chi connectivity index (χ1v) is 5.14. The minimum Gasteiger partial charge on any atom is -0.396 e. The van der Waals surface area contributed by atoms with Crippen LogP contribution in [0.25, 0.3) is 0 Å². The van der Waals surface area contributed by atoms with E-state index >= 15 is 0 Å². The Morgan fingerprint density at radius 2 is 2.11 bits per heavy atom. The van der Waals surface area contributed by atoms with E-state index in [1.54, 1.807) is 0 Å². The molecule has 6 atom stereocenters. The van der Waals surface area contributed by atoms with Crippen LogP contribution in [-0.2, 0) is 4.74 Å². The van der Waals surface area contributed by atoms with Crippen molar-refractivity contribution in [3.63, 3.8) is 0 Å². The fraction of sp³-hybridized carbons (Fsp3) is 1.00. The van der Waals surface area contributed by atoms with Gasteiger partial charge in [-0.25, -0.2) is 0 Å². The predicted molar refractivity (Wildman–Crippen MR) is 61.9 cm³/mol. The fourth-order valence-electron chi connectivity index (χ4n) is 1.74. The molecule has 19 heavy (non-hydrogen) atoms. The van der Waals surface area contributed by atoms with Crippen molar-refractivity contribution in [2.45, 2.75) is 55.4 Å². The highest BCUT2D eigenvalue weighted by Crippen LogP contribution is 2.38. The SMILES string of the molecule is [2H]C([2H])(O)C([2H])([2H])[C@](O)(C([2H])([2H])[2H])C([2H])([2H])[C@@]1(O)[C@@H]([C@@H](O)CO)O[C@H](O)[C@@H]1O. The largest absolute Gasteiger partial charge is 0.396 e. The number of aliphatic hydroxyl groups is 7. The second-order valence-electron chi connectivity index (χ2n) is 4.04. The van der Waals surface area contributed by atoms with E-state index in [4.69, 9.17) is 17.4 Å². The highest BCUT2D eigenvalue weighted by molar-refractivity contribution is 5.06. The molecule has 0 aromatic heterocycles. The normalized spacial score (nSPS) is 50.1. The number of hydrogen-bond acceptors (Lipinski definition) is 8. The molecule has 1 aliphatic heterocycles. The molecule has 0 radical (unpaired) electrons. The van der Waals surface area contributed by atoms with E-state index in [-0.39, 0.29) is 0 Å². The van der Waals surface area contributed by atoms with Crippen molar-refractivity contribution in [2.24, 2.45) is 0 Å². The van der Waals surface area contributed by atoms with Crippen LogP contribution in [0.1, 0.15) is 31.9 Å². The minimum absolute atomic E-state index is 1.26. The summed E-state index contributed by atoms with van der Waals surface area (Å²) in [5, 5.41) is 69.4. The van der Waals surface area contributed by atoms with Crippen LogP contribution >= 0.6 is 0 Å². The molecule has 8 nitrogen and oxygen atoms in total. The van der Waals surface area contributed by atoms with Gasteiger partial charge in [0.25, 0.3) is 0 Å². The third-order valence-electron chi connectivity index (χ3n) is 2.60. The first kappa shape index (κ1) is 7.62. The molecular weight excluding hydrogens is 260 g/mol. The topological polar surface area (TPSA) is 151 Å². The van der Waals surface area contributed by atoms with E-state index in [2.05, 4.69) is 4.74 Å². The van der Waals surface area contributed by atoms with Crippen LogP contribution in [-0.4, -0.2) is 84.7 Å². The summed E-state index contributed by atoms with van der Waals surface area (Å²) in [6, 6.07) is 0. The summed E-state index contributed by atoms with van der Waals surface area (Å²) >= 11 is 0. The summed E-state index contributed by atoms with van der Waals surface area (Å²) in [4.78, 5) is 0. The number of rotatable bonds is 6. The molecule has 1 fully saturated rings. The lowest BCUT2D eigenvalue weighted by Gasteiger charge is -2.38. The lowest BCUT2D eigenvalue weighted by molar-refractivity contribution is -0.165. The summed E-state index contributed by atoms with van der Waals surface area (Å²) in [5.74, 6) is 0. The third-order valence-corrected chi connectivity index (χ3v) is 2.60. The number of hydrogen-bond donors (Lipinski definition) is 7. The average Bonchev–Trinajstić information content (AvgIpc) is 2.76. The average molecular weight is 291 g/mol. The van der Waals surface area contributed by atoms with E-state index in [0.29, 0.717) is 0 Å². The second kappa shape index (κ2) is 5.98. The van der Waals surface area contributed by atoms with Crippen LogP contribution in [0.3, 0.4) is 0 Å². The van der Waals surface area contributed by atoms with Crippen molar-refractivity contribution in [2.75, 3.05) is 13.2 Å². The van der Waals surface area contributed by atoms with Gasteiger partial charge in [0.2, 0.25) is 0 Å². The van der Waals surface area contributed by atoms with E-state index in [0.717, 1.165) is 0 Å². The smallest absolute Gasteiger partial charge is 0.184 e. The summed E-state index contributed by atoms with van der Waals surface area (Å²) in [6.07, 6.45) is -18.7. The van der Waals surface area contributed by atoms with Gasteiger partial charge < -0.3 is 40.5 Å². The summed E-state index contributed by atoms with van der Waals surface area (Å²) in [7, 11) is 0. The van der Waals surface area contributed by atoms with Gasteiger partial charge in [-0.05, 0) is 13.2 Å². The van der Waals surface area contributed by atoms with E-state index in [1.807, 2.05) is 0 Å². The van der Waals surface area contributed by atoms with Gasteiger partial charge in [-0.15, -0.1) is 0 Å². The third kappa shape index (κ3) is 3.41. The Labute approximate surface area is 123 Å². The van der Waals surface area contributed by atoms with Crippen LogP contribution in [0.2, 0.25) is 0 Å². The molecule has 0 bridgehead atoms. The van der Waals surface area contributed by atoms with Gasteiger partial charge >= 0.3 is 0 Å². The molecule has 0 unspecified atom stereocenters. The molecule has 0 aromatic carbocycles. The molecule has 8 heteroatoms. The molecule has 7 N–H and O–H groups in total. The van der Waals surface area contributed by atoms with Gasteiger partial charge in [0.1, 0.15) is 23.9 Å². The Balaban J connectivity index is 3.87. The molecule has 114 valence electrons. The van der Waals surface area contributed by atoms with E-state index < -0.39 is 68.6 Å². The lowest BCUT2D eigenvalue weighted by atomic mass is 9.78. The quantitative estimate of drug-likeness (QED) is 0.268. The monoisotopic (exact) mass is 291 g/mol. The first-order chi connectivity index (χ1) is 12.2. The lowest BCUT2D eigenvalue weighted by Crippen LogP contribution is -2.57. The van der Waals surface area contributed by atoms with Crippen LogP contribution in [0.4, 0.5) is 0 Å². The van der Waals surface area contributed by atoms with Crippen molar-refractivity contribution in [3.8, 4) is 0 Å². The molecule has 0 aliphatic carbocycles. The van der Waals surface area contributed by atoms with Crippen LogP contribution < -0.4 is 0 Å². The molecule has 0 saturated carbocycles. The second-order valence-corrected chi connectivity index (χ2v) is 4.04. The first-order valence-electron chi connectivity index (χ1n) is 9.64. The maximum absolute atomic E-state index is 10.8. The highest BCUT2D eigenvalue weighted by Gasteiger charge is 2.59. The Bertz CT molecular complexity index is 581. The maximum atomic E-state index is 10.8. The molecule has 1 rings (SSSR count). The zero-order valence-electron chi connectivity index (χ0n) is 18.6. The maximum Gasteiger partial charge on any atom is 0.184 e. The molecule has 0 amide bonds. The van der Waals surface area contributed by atoms with Gasteiger partial charge in [-0.2, -0.15) is 0 Å². The van der Waals surface area contributed by atoms with Crippen molar-refractivity contribution in [1.82, 2.24) is 0 Å². The van der Waals surface area contributed by atoms with Gasteiger partial charge in [-0.1, -0.05) is 0 Å². The molecule has 1 saturated heterocycles. The van der Waals surface area contributed by atoms with Gasteiger partial charge in [-0.3, -0.25) is 0 Å². The standard InChI is InChI=1S/C11H22O8/c1-10(17,2-3-12)5-11(18)7(15)9(16)19-8(11)6(14)4-13/h6-9,12-18H,2-5H2,1H3/t6-,7-,8+,9-,10+,11-/m0/s1/i1D3,2D2,3D2,5D2. The number of ether oxygens (including phenoxy) is 1. The molecule has 1 heterocycles. The fourth-order valence-corrected chi connectivity index (χ4v) is 1.74. The molecule has 1 aliphatic rings. The molecule has 0 spiro atoms. The van der Waals surface area contributed by atoms with Gasteiger partial charge in [0.05, 0.1) is 14.9 Å². The zero-order valence-corrected chi connectivity index (χ0v) is 9.56. The van der Waals surface area contributed by atoms with Crippen molar-refractivity contribution in [3.05, 3.63) is 0 Å². The molecule has 0 aromatic rings.